The van der Waals surface area contributed by atoms with Crippen molar-refractivity contribution in [2.45, 2.75) is 47.7 Å². The number of rotatable bonds is 8. The molecule has 2 aromatic heterocycles. The molecule has 45 heavy (non-hydrogen) atoms. The van der Waals surface area contributed by atoms with Crippen LogP contribution in [-0.4, -0.2) is 34.3 Å². The third-order valence-electron chi connectivity index (χ3n) is 7.97. The molecule has 6 rings (SSSR count). The van der Waals surface area contributed by atoms with Crippen molar-refractivity contribution in [1.82, 2.24) is 9.13 Å². The van der Waals surface area contributed by atoms with Gasteiger partial charge in [0, 0.05) is 55.3 Å². The predicted octanol–water partition coefficient (Wildman–Crippen LogP) is 8.67. The number of carbonyl (C=O) groups excluding carboxylic acids is 2. The van der Waals surface area contributed by atoms with E-state index < -0.39 is 0 Å². The molecule has 0 radical (unpaired) electrons. The molecule has 0 bridgehead atoms. The summed E-state index contributed by atoms with van der Waals surface area (Å²) < 4.78 is 14.8. The van der Waals surface area contributed by atoms with Crippen LogP contribution in [0.5, 0.6) is 0 Å². The van der Waals surface area contributed by atoms with Gasteiger partial charge in [0.25, 0.3) is 0 Å². The van der Waals surface area contributed by atoms with E-state index in [-0.39, 0.29) is 11.9 Å². The largest absolute Gasteiger partial charge is 0.461 e. The number of nitrogens with zero attached hydrogens (tertiary/aromatic N) is 2. The van der Waals surface area contributed by atoms with Gasteiger partial charge < -0.3 is 18.6 Å². The van der Waals surface area contributed by atoms with Gasteiger partial charge in [0.1, 0.15) is 13.2 Å². The van der Waals surface area contributed by atoms with Crippen molar-refractivity contribution in [3.05, 3.63) is 120 Å². The monoisotopic (exact) mass is 600 g/mol. The number of carbonyl (C=O) groups is 2. The summed E-state index contributed by atoms with van der Waals surface area (Å²) in [7, 11) is 0. The van der Waals surface area contributed by atoms with Gasteiger partial charge in [0.05, 0.1) is 13.1 Å². The molecule has 0 aliphatic carbocycles. The number of aromatic nitrogens is 2. The molecule has 2 heterocycles. The molecule has 0 aliphatic heterocycles. The maximum Gasteiger partial charge on any atom is 0.333 e. The molecule has 6 heteroatoms. The first-order valence-electron chi connectivity index (χ1n) is 15.2. The molecule has 0 atom stereocenters. The molecule has 230 valence electrons. The van der Waals surface area contributed by atoms with Crippen molar-refractivity contribution in [1.29, 1.82) is 0 Å². The summed E-state index contributed by atoms with van der Waals surface area (Å²) in [6, 6.07) is 25.9. The molecular formula is C39H40N2O4. The number of esters is 2. The topological polar surface area (TPSA) is 62.5 Å². The van der Waals surface area contributed by atoms with Crippen molar-refractivity contribution in [2.75, 3.05) is 13.2 Å². The summed E-state index contributed by atoms with van der Waals surface area (Å²) in [6.45, 7) is 19.0. The van der Waals surface area contributed by atoms with E-state index in [4.69, 9.17) is 9.47 Å². The van der Waals surface area contributed by atoms with Gasteiger partial charge in [0.15, 0.2) is 0 Å². The van der Waals surface area contributed by atoms with Gasteiger partial charge in [-0.2, -0.15) is 0 Å². The van der Waals surface area contributed by atoms with Crippen LogP contribution in [0.15, 0.2) is 97.6 Å². The minimum Gasteiger partial charge on any atom is -0.461 e. The van der Waals surface area contributed by atoms with E-state index in [1.54, 1.807) is 6.92 Å². The van der Waals surface area contributed by atoms with E-state index in [0.29, 0.717) is 31.9 Å². The number of benzene rings is 4. The molecule has 6 nitrogen and oxygen atoms in total. The minimum absolute atomic E-state index is 0.336. The molecular weight excluding hydrogens is 560 g/mol. The third-order valence-corrected chi connectivity index (χ3v) is 7.97. The minimum atomic E-state index is -0.382. The number of hydrogen-bond acceptors (Lipinski definition) is 4. The summed E-state index contributed by atoms with van der Waals surface area (Å²) in [5.41, 5.74) is 10.1. The summed E-state index contributed by atoms with van der Waals surface area (Å²) in [4.78, 5) is 22.8. The molecule has 0 fully saturated rings. The Morgan fingerprint density at radius 3 is 1.27 bits per heavy atom. The lowest BCUT2D eigenvalue weighted by Gasteiger charge is -2.09. The van der Waals surface area contributed by atoms with Crippen molar-refractivity contribution < 1.29 is 19.1 Å². The Hall–Kier alpha value is -5.10. The zero-order valence-electron chi connectivity index (χ0n) is 26.8. The van der Waals surface area contributed by atoms with Crippen LogP contribution in [0.3, 0.4) is 0 Å². The molecule has 0 amide bonds. The maximum atomic E-state index is 11.6. The normalized spacial score (nSPS) is 11.0. The second kappa shape index (κ2) is 13.3. The molecule has 0 unspecified atom stereocenters. The summed E-state index contributed by atoms with van der Waals surface area (Å²) in [6.07, 6.45) is 1.19. The highest BCUT2D eigenvalue weighted by molar-refractivity contribution is 6.09. The van der Waals surface area contributed by atoms with Crippen molar-refractivity contribution in [3.8, 4) is 0 Å². The fourth-order valence-corrected chi connectivity index (χ4v) is 5.79. The van der Waals surface area contributed by atoms with E-state index in [9.17, 15) is 9.59 Å². The average Bonchev–Trinajstić information content (AvgIpc) is 3.47. The van der Waals surface area contributed by atoms with Crippen LogP contribution < -0.4 is 0 Å². The quantitative estimate of drug-likeness (QED) is 0.130. The van der Waals surface area contributed by atoms with Crippen LogP contribution in [0.4, 0.5) is 0 Å². The molecule has 0 aliphatic rings. The van der Waals surface area contributed by atoms with Crippen LogP contribution in [0.25, 0.3) is 43.6 Å². The first kappa shape index (κ1) is 31.3. The molecule has 0 spiro atoms. The Morgan fingerprint density at radius 2 is 0.956 bits per heavy atom. The van der Waals surface area contributed by atoms with E-state index in [0.717, 1.165) is 0 Å². The lowest BCUT2D eigenvalue weighted by Crippen LogP contribution is -2.11. The summed E-state index contributed by atoms with van der Waals surface area (Å²) in [5.74, 6) is -0.718. The van der Waals surface area contributed by atoms with E-state index in [2.05, 4.69) is 123 Å². The fourth-order valence-electron chi connectivity index (χ4n) is 5.79. The Morgan fingerprint density at radius 1 is 0.622 bits per heavy atom. The van der Waals surface area contributed by atoms with Gasteiger partial charge in [0.2, 0.25) is 0 Å². The Labute approximate surface area is 264 Å². The Balaban J connectivity index is 0.000000178. The third kappa shape index (κ3) is 6.70. The number of aryl methyl sites for hydroxylation is 4. The number of fused-ring (bicyclic) bond motifs is 6. The van der Waals surface area contributed by atoms with Crippen molar-refractivity contribution in [3.63, 3.8) is 0 Å². The molecule has 0 saturated heterocycles. The lowest BCUT2D eigenvalue weighted by molar-refractivity contribution is -0.139. The number of ether oxygens (including phenoxy) is 2. The number of hydrogen-bond donors (Lipinski definition) is 0. The van der Waals surface area contributed by atoms with Gasteiger partial charge in [-0.1, -0.05) is 59.7 Å². The highest BCUT2D eigenvalue weighted by atomic mass is 16.5. The molecule has 0 saturated carbocycles. The van der Waals surface area contributed by atoms with E-state index >= 15 is 0 Å². The standard InChI is InChI=1S/C20H21NO2.C19H19NO2/c1-13(2)20(22)23-10-9-21-18-7-5-14(3)11-16(18)17-12-15(4)6-8-19(17)21;1-4-19(21)22-10-9-20-17-7-5-13(2)11-15(17)16-12-14(3)6-8-18(16)20/h5-8,11-12H,1,9-10H2,2-4H3;4-8,11-12H,1,9-10H2,2-3H3. The zero-order chi connectivity index (χ0) is 32.2. The summed E-state index contributed by atoms with van der Waals surface area (Å²) >= 11 is 0. The van der Waals surface area contributed by atoms with Crippen LogP contribution in [0, 0.1) is 27.7 Å². The second-order valence-corrected chi connectivity index (χ2v) is 11.7. The maximum absolute atomic E-state index is 11.6. The van der Waals surface area contributed by atoms with Gasteiger partial charge in [-0.15, -0.1) is 0 Å². The smallest absolute Gasteiger partial charge is 0.333 e. The van der Waals surface area contributed by atoms with Crippen molar-refractivity contribution >= 4 is 55.6 Å². The SMILES string of the molecule is C=C(C)C(=O)OCCn1c2ccc(C)cc2c2cc(C)ccc21.C=CC(=O)OCCn1c2ccc(C)cc2c2cc(C)ccc21. The van der Waals surface area contributed by atoms with Crippen LogP contribution in [0.2, 0.25) is 0 Å². The van der Waals surface area contributed by atoms with Gasteiger partial charge in [-0.05, 0) is 83.1 Å². The highest BCUT2D eigenvalue weighted by Crippen LogP contribution is 2.32. The van der Waals surface area contributed by atoms with E-state index in [1.165, 1.54) is 71.9 Å². The van der Waals surface area contributed by atoms with Crippen LogP contribution >= 0.6 is 0 Å². The van der Waals surface area contributed by atoms with Crippen LogP contribution in [0.1, 0.15) is 29.2 Å². The molecule has 6 aromatic rings. The van der Waals surface area contributed by atoms with Gasteiger partial charge in [-0.3, -0.25) is 0 Å². The predicted molar refractivity (Wildman–Crippen MR) is 185 cm³/mol. The van der Waals surface area contributed by atoms with Gasteiger partial charge >= 0.3 is 11.9 Å². The summed E-state index contributed by atoms with van der Waals surface area (Å²) in [5, 5.41) is 4.98. The zero-order valence-corrected chi connectivity index (χ0v) is 26.8. The van der Waals surface area contributed by atoms with E-state index in [1.807, 2.05) is 0 Å². The highest BCUT2D eigenvalue weighted by Gasteiger charge is 2.13. The Kier molecular flexibility index (Phi) is 9.24. The molecule has 4 aromatic carbocycles. The average molecular weight is 601 g/mol. The molecule has 0 N–H and O–H groups in total. The Bertz CT molecular complexity index is 1970. The second-order valence-electron chi connectivity index (χ2n) is 11.7. The fraction of sp³-hybridized carbons (Fsp3) is 0.231. The van der Waals surface area contributed by atoms with Gasteiger partial charge in [-0.25, -0.2) is 9.59 Å². The first-order valence-corrected chi connectivity index (χ1v) is 15.2. The van der Waals surface area contributed by atoms with Crippen molar-refractivity contribution in [2.24, 2.45) is 0 Å². The lowest BCUT2D eigenvalue weighted by atomic mass is 10.1. The first-order chi connectivity index (χ1) is 21.6. The van der Waals surface area contributed by atoms with Crippen LogP contribution in [-0.2, 0) is 32.2 Å².